The zero-order chi connectivity index (χ0) is 16.1. The van der Waals surface area contributed by atoms with E-state index < -0.39 is 27.5 Å². The summed E-state index contributed by atoms with van der Waals surface area (Å²) < 4.78 is 41.3. The second-order valence-corrected chi connectivity index (χ2v) is 8.10. The van der Waals surface area contributed by atoms with Crippen molar-refractivity contribution in [1.29, 1.82) is 0 Å². The molecule has 2 heterocycles. The van der Waals surface area contributed by atoms with Crippen molar-refractivity contribution in [2.45, 2.75) is 43.2 Å². The lowest BCUT2D eigenvalue weighted by Gasteiger charge is -2.32. The van der Waals surface area contributed by atoms with Crippen molar-refractivity contribution in [3.8, 4) is 0 Å². The van der Waals surface area contributed by atoms with Gasteiger partial charge in [0.25, 0.3) is 0 Å². The highest BCUT2D eigenvalue weighted by Crippen LogP contribution is 2.35. The van der Waals surface area contributed by atoms with Crippen LogP contribution in [0.1, 0.15) is 26.7 Å². The van der Waals surface area contributed by atoms with E-state index in [0.29, 0.717) is 24.9 Å². The monoisotopic (exact) mass is 326 g/mol. The molecule has 1 aromatic carbocycles. The van der Waals surface area contributed by atoms with Crippen molar-refractivity contribution in [2.75, 3.05) is 6.54 Å². The maximum atomic E-state index is 14.1. The summed E-state index contributed by atoms with van der Waals surface area (Å²) in [5.41, 5.74) is -0.702. The van der Waals surface area contributed by atoms with Gasteiger partial charge in [-0.05, 0) is 38.8 Å². The highest BCUT2D eigenvalue weighted by Gasteiger charge is 2.43. The van der Waals surface area contributed by atoms with E-state index in [4.69, 9.17) is 0 Å². The molecular formula is C15H19FN2O3S. The first kappa shape index (κ1) is 15.5. The average Bonchev–Trinajstić information content (AvgIpc) is 3.06. The van der Waals surface area contributed by atoms with Crippen molar-refractivity contribution in [2.24, 2.45) is 0 Å². The number of hydrogen-bond acceptors (Lipinski definition) is 3. The third-order valence-electron chi connectivity index (χ3n) is 4.22. The molecule has 1 saturated heterocycles. The van der Waals surface area contributed by atoms with Gasteiger partial charge >= 0.3 is 0 Å². The van der Waals surface area contributed by atoms with Crippen molar-refractivity contribution >= 4 is 20.9 Å². The minimum Gasteiger partial charge on any atom is -0.389 e. The van der Waals surface area contributed by atoms with Gasteiger partial charge in [0, 0.05) is 18.3 Å². The number of aliphatic hydroxyl groups is 1. The summed E-state index contributed by atoms with van der Waals surface area (Å²) in [6, 6.07) is 3.90. The van der Waals surface area contributed by atoms with Crippen LogP contribution in [0.4, 0.5) is 4.39 Å². The highest BCUT2D eigenvalue weighted by molar-refractivity contribution is 7.89. The van der Waals surface area contributed by atoms with Gasteiger partial charge in [-0.25, -0.2) is 12.8 Å². The smallest absolute Gasteiger partial charge is 0.245 e. The Labute approximate surface area is 128 Å². The maximum absolute atomic E-state index is 14.1. The van der Waals surface area contributed by atoms with Gasteiger partial charge < -0.3 is 10.1 Å². The third kappa shape index (κ3) is 2.33. The second kappa shape index (κ2) is 5.04. The first-order chi connectivity index (χ1) is 10.2. The van der Waals surface area contributed by atoms with Gasteiger partial charge in [-0.1, -0.05) is 6.07 Å². The van der Waals surface area contributed by atoms with Crippen LogP contribution < -0.4 is 0 Å². The Bertz CT molecular complexity index is 808. The molecular weight excluding hydrogens is 307 g/mol. The number of aromatic nitrogens is 1. The van der Waals surface area contributed by atoms with Gasteiger partial charge in [-0.15, -0.1) is 0 Å². The predicted octanol–water partition coefficient (Wildman–Crippen LogP) is 2.23. The fourth-order valence-corrected chi connectivity index (χ4v) is 5.17. The molecule has 7 heteroatoms. The van der Waals surface area contributed by atoms with Crippen molar-refractivity contribution in [1.82, 2.24) is 9.29 Å². The fourth-order valence-electron chi connectivity index (χ4n) is 3.17. The van der Waals surface area contributed by atoms with E-state index in [1.807, 2.05) is 0 Å². The highest BCUT2D eigenvalue weighted by atomic mass is 32.2. The number of halogens is 1. The van der Waals surface area contributed by atoms with E-state index in [1.165, 1.54) is 22.6 Å². The lowest BCUT2D eigenvalue weighted by Crippen LogP contribution is -2.48. The van der Waals surface area contributed by atoms with Gasteiger partial charge in [-0.2, -0.15) is 4.31 Å². The second-order valence-electron chi connectivity index (χ2n) is 6.24. The summed E-state index contributed by atoms with van der Waals surface area (Å²) in [6.07, 6.45) is 2.59. The summed E-state index contributed by atoms with van der Waals surface area (Å²) in [7, 11) is -3.87. The summed E-state index contributed by atoms with van der Waals surface area (Å²) >= 11 is 0. The van der Waals surface area contributed by atoms with Crippen LogP contribution in [-0.2, 0) is 10.0 Å². The lowest BCUT2D eigenvalue weighted by atomic mass is 9.98. The van der Waals surface area contributed by atoms with Gasteiger partial charge in [-0.3, -0.25) is 0 Å². The first-order valence-electron chi connectivity index (χ1n) is 7.23. The molecule has 0 aliphatic carbocycles. The van der Waals surface area contributed by atoms with Gasteiger partial charge in [0.2, 0.25) is 10.0 Å². The maximum Gasteiger partial charge on any atom is 0.245 e. The molecule has 1 atom stereocenters. The van der Waals surface area contributed by atoms with E-state index in [-0.39, 0.29) is 10.3 Å². The Hall–Kier alpha value is -1.44. The lowest BCUT2D eigenvalue weighted by molar-refractivity contribution is 0.0215. The summed E-state index contributed by atoms with van der Waals surface area (Å²) in [4.78, 5) is 2.73. The van der Waals surface area contributed by atoms with Gasteiger partial charge in [0.05, 0.1) is 17.0 Å². The van der Waals surface area contributed by atoms with Crippen LogP contribution in [0.25, 0.3) is 10.9 Å². The van der Waals surface area contributed by atoms with Crippen LogP contribution in [-0.4, -0.2) is 41.0 Å². The standard InChI is InChI=1S/C15H19FN2O3S/c1-15(2,19)13-7-4-8-18(13)22(20,21)12-9-17-11-6-3-5-10(16)14(11)12/h3,5-6,9,13,17,19H,4,7-8H2,1-2H3. The Morgan fingerprint density at radius 1 is 1.41 bits per heavy atom. The summed E-state index contributed by atoms with van der Waals surface area (Å²) in [6.45, 7) is 3.53. The Morgan fingerprint density at radius 2 is 2.14 bits per heavy atom. The number of nitrogens with one attached hydrogen (secondary N) is 1. The van der Waals surface area contributed by atoms with Gasteiger partial charge in [0.15, 0.2) is 0 Å². The van der Waals surface area contributed by atoms with Crippen molar-refractivity contribution in [3.05, 3.63) is 30.2 Å². The minimum absolute atomic E-state index is 0.0725. The molecule has 1 aromatic heterocycles. The van der Waals surface area contributed by atoms with Crippen LogP contribution in [0, 0.1) is 5.82 Å². The number of nitrogens with zero attached hydrogens (tertiary/aromatic N) is 1. The number of hydrogen-bond donors (Lipinski definition) is 2. The summed E-state index contributed by atoms with van der Waals surface area (Å²) in [5.74, 6) is -0.573. The Balaban J connectivity index is 2.13. The third-order valence-corrected chi connectivity index (χ3v) is 6.16. The summed E-state index contributed by atoms with van der Waals surface area (Å²) in [5, 5.41) is 10.3. The minimum atomic E-state index is -3.87. The Kier molecular flexibility index (Phi) is 3.54. The quantitative estimate of drug-likeness (QED) is 0.908. The molecule has 120 valence electrons. The molecule has 2 aromatic rings. The molecule has 1 unspecified atom stereocenters. The topological polar surface area (TPSA) is 73.4 Å². The van der Waals surface area contributed by atoms with Crippen LogP contribution in [0.5, 0.6) is 0 Å². The number of fused-ring (bicyclic) bond motifs is 1. The molecule has 5 nitrogen and oxygen atoms in total. The molecule has 22 heavy (non-hydrogen) atoms. The van der Waals surface area contributed by atoms with Crippen LogP contribution in [0.2, 0.25) is 0 Å². The number of sulfonamides is 1. The number of rotatable bonds is 3. The van der Waals surface area contributed by atoms with Gasteiger partial charge in [0.1, 0.15) is 10.7 Å². The largest absolute Gasteiger partial charge is 0.389 e. The van der Waals surface area contributed by atoms with Crippen LogP contribution >= 0.6 is 0 Å². The number of benzene rings is 1. The average molecular weight is 326 g/mol. The molecule has 0 bridgehead atoms. The molecule has 3 rings (SSSR count). The van der Waals surface area contributed by atoms with E-state index in [9.17, 15) is 17.9 Å². The molecule has 0 spiro atoms. The zero-order valence-corrected chi connectivity index (χ0v) is 13.3. The zero-order valence-electron chi connectivity index (χ0n) is 12.5. The molecule has 2 N–H and O–H groups in total. The predicted molar refractivity (Wildman–Crippen MR) is 81.5 cm³/mol. The molecule has 1 aliphatic heterocycles. The first-order valence-corrected chi connectivity index (χ1v) is 8.67. The van der Waals surface area contributed by atoms with E-state index in [0.717, 1.165) is 0 Å². The normalized spacial score (nSPS) is 20.8. The Morgan fingerprint density at radius 3 is 2.82 bits per heavy atom. The molecule has 0 radical (unpaired) electrons. The molecule has 1 aliphatic rings. The van der Waals surface area contributed by atoms with Crippen LogP contribution in [0.3, 0.4) is 0 Å². The molecule has 1 fully saturated rings. The number of H-pyrrole nitrogens is 1. The van der Waals surface area contributed by atoms with Crippen molar-refractivity contribution < 1.29 is 17.9 Å². The molecule has 0 saturated carbocycles. The van der Waals surface area contributed by atoms with E-state index in [1.54, 1.807) is 19.9 Å². The van der Waals surface area contributed by atoms with Crippen molar-refractivity contribution in [3.63, 3.8) is 0 Å². The molecule has 0 amide bonds. The number of aromatic amines is 1. The fraction of sp³-hybridized carbons (Fsp3) is 0.467. The van der Waals surface area contributed by atoms with E-state index in [2.05, 4.69) is 4.98 Å². The van der Waals surface area contributed by atoms with Crippen LogP contribution in [0.15, 0.2) is 29.3 Å². The SMILES string of the molecule is CC(C)(O)C1CCCN1S(=O)(=O)c1c[nH]c2cccc(F)c12. The van der Waals surface area contributed by atoms with E-state index >= 15 is 0 Å².